The monoisotopic (exact) mass is 613 g/mol. The van der Waals surface area contributed by atoms with Gasteiger partial charge in [0.25, 0.3) is 0 Å². The topological polar surface area (TPSA) is 12.5 Å². The van der Waals surface area contributed by atoms with Crippen molar-refractivity contribution in [3.05, 3.63) is 188 Å². The Bertz CT molecular complexity index is 2430. The summed E-state index contributed by atoms with van der Waals surface area (Å²) < 4.78 is 6.62. The summed E-state index contributed by atoms with van der Waals surface area (Å²) in [7, 11) is 0. The van der Waals surface area contributed by atoms with Gasteiger partial charge in [0, 0.05) is 33.3 Å². The molecule has 0 saturated carbocycles. The third-order valence-electron chi connectivity index (χ3n) is 9.28. The first-order chi connectivity index (χ1) is 23.8. The van der Waals surface area contributed by atoms with Crippen molar-refractivity contribution in [1.82, 2.24) is 0 Å². The normalized spacial score (nSPS) is 11.5. The van der Waals surface area contributed by atoms with Crippen LogP contribution in [-0.4, -0.2) is 0 Å². The Morgan fingerprint density at radius 1 is 0.333 bits per heavy atom. The summed E-state index contributed by atoms with van der Waals surface area (Å²) in [5.41, 5.74) is 12.5. The fourth-order valence-electron chi connectivity index (χ4n) is 7.17. The highest BCUT2D eigenvalue weighted by molar-refractivity contribution is 6.14. The minimum absolute atomic E-state index is 0.855. The van der Waals surface area contributed by atoms with E-state index in [4.69, 9.17) is 4.74 Å². The quantitative estimate of drug-likeness (QED) is 0.191. The molecule has 0 N–H and O–H groups in total. The molecule has 0 aliphatic carbocycles. The standard InChI is InChI=1S/C46H31NO/c1-3-17-32(18-4-1)34-21-7-8-22-35(34)36-23-11-14-28-42(36)47(33-19-5-2-6-20-33)43-31-41-38-25-12-15-29-44(38)48-45-30-16-13-27-40(45)46(41)39-26-10-9-24-37(39)43/h1-31H. The maximum atomic E-state index is 6.62. The first-order valence-electron chi connectivity index (χ1n) is 16.4. The number of hydrogen-bond acceptors (Lipinski definition) is 2. The van der Waals surface area contributed by atoms with E-state index in [0.717, 1.165) is 50.8 Å². The minimum atomic E-state index is 0.855. The smallest absolute Gasteiger partial charge is 0.135 e. The molecule has 48 heavy (non-hydrogen) atoms. The zero-order valence-corrected chi connectivity index (χ0v) is 26.3. The molecule has 0 saturated heterocycles. The summed E-state index contributed by atoms with van der Waals surface area (Å²) in [6, 6.07) is 66.8. The molecule has 1 heterocycles. The van der Waals surface area contributed by atoms with Gasteiger partial charge in [-0.2, -0.15) is 0 Å². The Hall–Kier alpha value is -6.38. The highest BCUT2D eigenvalue weighted by Gasteiger charge is 2.27. The molecule has 0 bridgehead atoms. The second kappa shape index (κ2) is 11.8. The lowest BCUT2D eigenvalue weighted by Gasteiger charge is -2.30. The molecule has 8 aromatic rings. The number of hydrogen-bond donors (Lipinski definition) is 0. The van der Waals surface area contributed by atoms with E-state index < -0.39 is 0 Å². The van der Waals surface area contributed by atoms with Crippen LogP contribution in [-0.2, 0) is 0 Å². The summed E-state index contributed by atoms with van der Waals surface area (Å²) in [5, 5.41) is 2.35. The molecule has 9 rings (SSSR count). The van der Waals surface area contributed by atoms with Crippen LogP contribution in [0.1, 0.15) is 0 Å². The van der Waals surface area contributed by atoms with Gasteiger partial charge in [-0.25, -0.2) is 0 Å². The average molecular weight is 614 g/mol. The third-order valence-corrected chi connectivity index (χ3v) is 9.28. The zero-order chi connectivity index (χ0) is 31.9. The largest absolute Gasteiger partial charge is 0.456 e. The van der Waals surface area contributed by atoms with E-state index in [1.807, 2.05) is 12.1 Å². The molecule has 0 unspecified atom stereocenters. The van der Waals surface area contributed by atoms with Crippen molar-refractivity contribution in [3.8, 4) is 56.0 Å². The first-order valence-corrected chi connectivity index (χ1v) is 16.4. The number of fused-ring (bicyclic) bond motifs is 7. The van der Waals surface area contributed by atoms with E-state index in [-0.39, 0.29) is 0 Å². The molecule has 0 atom stereocenters. The molecule has 0 radical (unpaired) electrons. The van der Waals surface area contributed by atoms with Gasteiger partial charge in [0.1, 0.15) is 11.5 Å². The average Bonchev–Trinajstić information content (AvgIpc) is 3.30. The Balaban J connectivity index is 1.37. The Morgan fingerprint density at radius 3 is 1.60 bits per heavy atom. The first kappa shape index (κ1) is 27.9. The Morgan fingerprint density at radius 2 is 0.854 bits per heavy atom. The number of rotatable bonds is 5. The van der Waals surface area contributed by atoms with Gasteiger partial charge in [-0.1, -0.05) is 152 Å². The van der Waals surface area contributed by atoms with Gasteiger partial charge in [0.05, 0.1) is 11.4 Å². The Kier molecular flexibility index (Phi) is 6.84. The second-order valence-corrected chi connectivity index (χ2v) is 12.1. The van der Waals surface area contributed by atoms with Crippen LogP contribution in [0.2, 0.25) is 0 Å². The molecule has 0 amide bonds. The zero-order valence-electron chi connectivity index (χ0n) is 26.3. The fraction of sp³-hybridized carbons (Fsp3) is 0. The maximum absolute atomic E-state index is 6.62. The van der Waals surface area contributed by atoms with Crippen LogP contribution in [0, 0.1) is 0 Å². The molecule has 0 spiro atoms. The summed E-state index contributed by atoms with van der Waals surface area (Å²) in [4.78, 5) is 2.43. The summed E-state index contributed by atoms with van der Waals surface area (Å²) in [6.07, 6.45) is 0. The second-order valence-electron chi connectivity index (χ2n) is 12.1. The highest BCUT2D eigenvalue weighted by Crippen LogP contribution is 2.53. The van der Waals surface area contributed by atoms with E-state index in [9.17, 15) is 0 Å². The number of ether oxygens (including phenoxy) is 1. The predicted molar refractivity (Wildman–Crippen MR) is 200 cm³/mol. The van der Waals surface area contributed by atoms with Crippen molar-refractivity contribution in [3.63, 3.8) is 0 Å². The van der Waals surface area contributed by atoms with Crippen LogP contribution in [0.25, 0.3) is 55.3 Å². The van der Waals surface area contributed by atoms with E-state index in [2.05, 4.69) is 181 Å². The van der Waals surface area contributed by atoms with Gasteiger partial charge < -0.3 is 9.64 Å². The van der Waals surface area contributed by atoms with Crippen LogP contribution in [0.4, 0.5) is 17.1 Å². The van der Waals surface area contributed by atoms with Crippen molar-refractivity contribution in [1.29, 1.82) is 0 Å². The van der Waals surface area contributed by atoms with Gasteiger partial charge in [0.15, 0.2) is 0 Å². The molecule has 1 aliphatic rings. The number of para-hydroxylation sites is 4. The van der Waals surface area contributed by atoms with Crippen LogP contribution in [0.5, 0.6) is 11.5 Å². The van der Waals surface area contributed by atoms with Crippen LogP contribution < -0.4 is 9.64 Å². The van der Waals surface area contributed by atoms with Crippen LogP contribution in [0.15, 0.2) is 188 Å². The van der Waals surface area contributed by atoms with Crippen molar-refractivity contribution in [2.75, 3.05) is 4.90 Å². The van der Waals surface area contributed by atoms with E-state index in [0.29, 0.717) is 0 Å². The van der Waals surface area contributed by atoms with Crippen LogP contribution >= 0.6 is 0 Å². The summed E-state index contributed by atoms with van der Waals surface area (Å²) in [6.45, 7) is 0. The lowest BCUT2D eigenvalue weighted by Crippen LogP contribution is -2.12. The van der Waals surface area contributed by atoms with Gasteiger partial charge in [-0.15, -0.1) is 0 Å². The van der Waals surface area contributed by atoms with Gasteiger partial charge in [-0.3, -0.25) is 0 Å². The predicted octanol–water partition coefficient (Wildman–Crippen LogP) is 13.1. The molecule has 8 aromatic carbocycles. The molecular weight excluding hydrogens is 583 g/mol. The highest BCUT2D eigenvalue weighted by atomic mass is 16.5. The van der Waals surface area contributed by atoms with Crippen LogP contribution in [0.3, 0.4) is 0 Å². The van der Waals surface area contributed by atoms with Gasteiger partial charge in [0.2, 0.25) is 0 Å². The van der Waals surface area contributed by atoms with E-state index >= 15 is 0 Å². The van der Waals surface area contributed by atoms with Crippen molar-refractivity contribution in [2.24, 2.45) is 0 Å². The minimum Gasteiger partial charge on any atom is -0.456 e. The molecule has 2 nitrogen and oxygen atoms in total. The number of benzene rings is 8. The fourth-order valence-corrected chi connectivity index (χ4v) is 7.17. The lowest BCUT2D eigenvalue weighted by molar-refractivity contribution is 0.488. The van der Waals surface area contributed by atoms with Gasteiger partial charge in [-0.05, 0) is 64.0 Å². The maximum Gasteiger partial charge on any atom is 0.135 e. The lowest BCUT2D eigenvalue weighted by atomic mass is 9.88. The molecule has 1 aliphatic heterocycles. The molecule has 0 fully saturated rings. The number of anilines is 3. The van der Waals surface area contributed by atoms with Crippen molar-refractivity contribution < 1.29 is 4.74 Å². The SMILES string of the molecule is c1ccc(-c2ccccc2-c2ccccc2N(c2ccccc2)c2cc3c(c4ccccc24)-c2ccccc2Oc2ccccc2-3)cc1. The molecule has 0 aromatic heterocycles. The summed E-state index contributed by atoms with van der Waals surface area (Å²) in [5.74, 6) is 1.72. The molecule has 226 valence electrons. The van der Waals surface area contributed by atoms with Gasteiger partial charge >= 0.3 is 0 Å². The van der Waals surface area contributed by atoms with Crippen molar-refractivity contribution in [2.45, 2.75) is 0 Å². The Labute approximate surface area is 280 Å². The molecular formula is C46H31NO. The molecule has 2 heteroatoms. The summed E-state index contributed by atoms with van der Waals surface area (Å²) >= 11 is 0. The van der Waals surface area contributed by atoms with Crippen molar-refractivity contribution >= 4 is 27.8 Å². The van der Waals surface area contributed by atoms with E-state index in [1.165, 1.54) is 33.0 Å². The third kappa shape index (κ3) is 4.66. The number of nitrogens with zero attached hydrogens (tertiary/aromatic N) is 1. The van der Waals surface area contributed by atoms with E-state index in [1.54, 1.807) is 0 Å².